The Morgan fingerprint density at radius 1 is 1.00 bits per heavy atom. The summed E-state index contributed by atoms with van der Waals surface area (Å²) in [6, 6.07) is 21.2. The first-order chi connectivity index (χ1) is 12.3. The van der Waals surface area contributed by atoms with Crippen LogP contribution >= 0.6 is 0 Å². The summed E-state index contributed by atoms with van der Waals surface area (Å²) < 4.78 is 6.78. The fraction of sp³-hybridized carbons (Fsp3) is 0.391. The van der Waals surface area contributed by atoms with Gasteiger partial charge in [-0.3, -0.25) is 0 Å². The molecule has 2 atom stereocenters. The van der Waals surface area contributed by atoms with Gasteiger partial charge in [0, 0.05) is 6.61 Å². The van der Waals surface area contributed by atoms with Crippen molar-refractivity contribution in [2.45, 2.75) is 45.3 Å². The number of aliphatic hydroxyl groups is 1. The molecule has 0 aliphatic heterocycles. The zero-order chi connectivity index (χ0) is 19.2. The van der Waals surface area contributed by atoms with Crippen molar-refractivity contribution in [1.29, 1.82) is 0 Å². The third-order valence-electron chi connectivity index (χ3n) is 5.13. The van der Waals surface area contributed by atoms with Crippen LogP contribution in [0.1, 0.15) is 34.1 Å². The number of benzene rings is 2. The fourth-order valence-corrected chi connectivity index (χ4v) is 8.09. The van der Waals surface area contributed by atoms with E-state index in [0.717, 1.165) is 0 Å². The van der Waals surface area contributed by atoms with Crippen molar-refractivity contribution in [3.63, 3.8) is 0 Å². The second-order valence-electron chi connectivity index (χ2n) is 7.96. The second-order valence-corrected chi connectivity index (χ2v) is 12.3. The largest absolute Gasteiger partial charge is 0.407 e. The quantitative estimate of drug-likeness (QED) is 0.561. The molecule has 0 fully saturated rings. The van der Waals surface area contributed by atoms with Crippen molar-refractivity contribution in [3.05, 3.63) is 73.3 Å². The molecule has 0 saturated heterocycles. The van der Waals surface area contributed by atoms with E-state index >= 15 is 0 Å². The SMILES string of the molecule is C=C[C@H](C)[C@H](O)CCO[Si](c1ccccc1)(c1ccccc1)C(C)(C)C. The topological polar surface area (TPSA) is 29.5 Å². The zero-order valence-corrected chi connectivity index (χ0v) is 17.5. The molecule has 2 aromatic rings. The van der Waals surface area contributed by atoms with Gasteiger partial charge >= 0.3 is 0 Å². The number of hydrogen-bond donors (Lipinski definition) is 1. The number of rotatable bonds is 8. The molecule has 0 aliphatic rings. The summed E-state index contributed by atoms with van der Waals surface area (Å²) in [6.45, 7) is 13.1. The van der Waals surface area contributed by atoms with Gasteiger partial charge in [0.05, 0.1) is 6.10 Å². The summed E-state index contributed by atoms with van der Waals surface area (Å²) in [5.41, 5.74) is 0. The molecule has 0 heterocycles. The molecule has 0 radical (unpaired) electrons. The van der Waals surface area contributed by atoms with Crippen molar-refractivity contribution in [3.8, 4) is 0 Å². The molecule has 26 heavy (non-hydrogen) atoms. The van der Waals surface area contributed by atoms with Gasteiger partial charge in [0.1, 0.15) is 0 Å². The summed E-state index contributed by atoms with van der Waals surface area (Å²) in [7, 11) is -2.50. The first kappa shape index (κ1) is 20.6. The van der Waals surface area contributed by atoms with E-state index in [0.29, 0.717) is 13.0 Å². The third-order valence-corrected chi connectivity index (χ3v) is 10.2. The van der Waals surface area contributed by atoms with E-state index in [1.165, 1.54) is 10.4 Å². The average molecular weight is 369 g/mol. The molecule has 0 saturated carbocycles. The van der Waals surface area contributed by atoms with E-state index < -0.39 is 14.4 Å². The molecule has 3 heteroatoms. The standard InChI is InChI=1S/C23H32O2Si/c1-6-19(2)22(24)17-18-25-26(23(3,4)5,20-13-9-7-10-14-20)21-15-11-8-12-16-21/h6-16,19,22,24H,1,17-18H2,2-5H3/t19-,22+/m0/s1. The lowest BCUT2D eigenvalue weighted by atomic mass is 10.0. The Kier molecular flexibility index (Phi) is 6.99. The van der Waals surface area contributed by atoms with Crippen LogP contribution in [0.5, 0.6) is 0 Å². The highest BCUT2D eigenvalue weighted by Crippen LogP contribution is 2.36. The van der Waals surface area contributed by atoms with Gasteiger partial charge in [-0.15, -0.1) is 6.58 Å². The fourth-order valence-electron chi connectivity index (χ4n) is 3.51. The molecule has 0 aromatic heterocycles. The Morgan fingerprint density at radius 2 is 1.46 bits per heavy atom. The van der Waals surface area contributed by atoms with Crippen LogP contribution in [0.4, 0.5) is 0 Å². The van der Waals surface area contributed by atoms with Crippen LogP contribution in [-0.2, 0) is 4.43 Å². The molecule has 2 aromatic carbocycles. The van der Waals surface area contributed by atoms with Crippen molar-refractivity contribution >= 4 is 18.7 Å². The van der Waals surface area contributed by atoms with Gasteiger partial charge in [-0.05, 0) is 27.8 Å². The maximum atomic E-state index is 10.3. The Hall–Kier alpha value is -1.68. The summed E-state index contributed by atoms with van der Waals surface area (Å²) in [6.07, 6.45) is 1.98. The van der Waals surface area contributed by atoms with Crippen LogP contribution in [0, 0.1) is 5.92 Å². The van der Waals surface area contributed by atoms with E-state index in [1.54, 1.807) is 6.08 Å². The summed E-state index contributed by atoms with van der Waals surface area (Å²) in [5.74, 6) is 0.0674. The molecule has 2 nitrogen and oxygen atoms in total. The summed E-state index contributed by atoms with van der Waals surface area (Å²) in [4.78, 5) is 0. The van der Waals surface area contributed by atoms with Crippen LogP contribution in [0.15, 0.2) is 73.3 Å². The lowest BCUT2D eigenvalue weighted by molar-refractivity contribution is 0.106. The monoisotopic (exact) mass is 368 g/mol. The first-order valence-corrected chi connectivity index (χ1v) is 11.3. The Bertz CT molecular complexity index is 637. The number of hydrogen-bond acceptors (Lipinski definition) is 2. The van der Waals surface area contributed by atoms with Crippen LogP contribution in [0.2, 0.25) is 5.04 Å². The lowest BCUT2D eigenvalue weighted by Crippen LogP contribution is -2.66. The molecule has 2 rings (SSSR count). The average Bonchev–Trinajstić information content (AvgIpc) is 2.64. The predicted molar refractivity (Wildman–Crippen MR) is 114 cm³/mol. The molecule has 0 amide bonds. The maximum Gasteiger partial charge on any atom is 0.261 e. The molecule has 140 valence electrons. The van der Waals surface area contributed by atoms with Gasteiger partial charge in [0.15, 0.2) is 0 Å². The van der Waals surface area contributed by atoms with Crippen molar-refractivity contribution in [1.82, 2.24) is 0 Å². The summed E-state index contributed by atoms with van der Waals surface area (Å²) >= 11 is 0. The highest BCUT2D eigenvalue weighted by molar-refractivity contribution is 6.99. The minimum atomic E-state index is -2.50. The van der Waals surface area contributed by atoms with E-state index in [2.05, 4.69) is 75.9 Å². The third kappa shape index (κ3) is 4.34. The highest BCUT2D eigenvalue weighted by atomic mass is 28.4. The molecule has 0 spiro atoms. The Morgan fingerprint density at radius 3 is 1.85 bits per heavy atom. The number of aliphatic hydroxyl groups excluding tert-OH is 1. The molecular formula is C23H32O2Si. The lowest BCUT2D eigenvalue weighted by Gasteiger charge is -2.43. The molecule has 1 N–H and O–H groups in total. The van der Waals surface area contributed by atoms with Crippen molar-refractivity contribution < 1.29 is 9.53 Å². The van der Waals surface area contributed by atoms with Gasteiger partial charge in [-0.1, -0.05) is 94.4 Å². The summed E-state index contributed by atoms with van der Waals surface area (Å²) in [5, 5.41) is 12.8. The van der Waals surface area contributed by atoms with Gasteiger partial charge in [0.2, 0.25) is 0 Å². The van der Waals surface area contributed by atoms with Gasteiger partial charge < -0.3 is 9.53 Å². The van der Waals surface area contributed by atoms with E-state index in [-0.39, 0.29) is 11.0 Å². The van der Waals surface area contributed by atoms with E-state index in [4.69, 9.17) is 4.43 Å². The van der Waals surface area contributed by atoms with E-state index in [9.17, 15) is 5.11 Å². The maximum absolute atomic E-state index is 10.3. The highest BCUT2D eigenvalue weighted by Gasteiger charge is 2.50. The second kappa shape index (κ2) is 8.80. The van der Waals surface area contributed by atoms with E-state index in [1.807, 2.05) is 19.1 Å². The van der Waals surface area contributed by atoms with Gasteiger partial charge in [-0.25, -0.2) is 0 Å². The van der Waals surface area contributed by atoms with Crippen LogP contribution in [0.25, 0.3) is 0 Å². The molecule has 0 aliphatic carbocycles. The first-order valence-electron chi connectivity index (χ1n) is 9.38. The van der Waals surface area contributed by atoms with Crippen LogP contribution in [0.3, 0.4) is 0 Å². The van der Waals surface area contributed by atoms with Crippen molar-refractivity contribution in [2.75, 3.05) is 6.61 Å². The molecule has 0 bridgehead atoms. The predicted octanol–water partition coefficient (Wildman–Crippen LogP) is 4.14. The Balaban J connectivity index is 2.42. The van der Waals surface area contributed by atoms with Crippen LogP contribution < -0.4 is 10.4 Å². The van der Waals surface area contributed by atoms with Gasteiger partial charge in [-0.2, -0.15) is 0 Å². The normalized spacial score (nSPS) is 14.7. The minimum Gasteiger partial charge on any atom is -0.407 e. The minimum absolute atomic E-state index is 0.0370. The smallest absolute Gasteiger partial charge is 0.261 e. The van der Waals surface area contributed by atoms with Crippen molar-refractivity contribution in [2.24, 2.45) is 5.92 Å². The Labute approximate surface area is 159 Å². The van der Waals surface area contributed by atoms with Gasteiger partial charge in [0.25, 0.3) is 8.32 Å². The van der Waals surface area contributed by atoms with Crippen LogP contribution in [-0.4, -0.2) is 26.1 Å². The zero-order valence-electron chi connectivity index (χ0n) is 16.5. The molecule has 0 unspecified atom stereocenters. The molecular weight excluding hydrogens is 336 g/mol.